The Hall–Kier alpha value is -2.61. The smallest absolute Gasteiger partial charge is 0.356 e. The number of benzene rings is 1. The molecule has 8 heteroatoms. The Morgan fingerprint density at radius 2 is 2.16 bits per heavy atom. The van der Waals surface area contributed by atoms with Crippen molar-refractivity contribution in [2.45, 2.75) is 26.4 Å². The van der Waals surface area contributed by atoms with Crippen molar-refractivity contribution in [1.29, 1.82) is 0 Å². The molecule has 130 valence electrons. The molecule has 0 saturated heterocycles. The van der Waals surface area contributed by atoms with Gasteiger partial charge in [-0.05, 0) is 35.3 Å². The Kier molecular flexibility index (Phi) is 4.89. The Balaban J connectivity index is 1.75. The first kappa shape index (κ1) is 17.2. The second kappa shape index (κ2) is 7.10. The van der Waals surface area contributed by atoms with Crippen LogP contribution in [0.2, 0.25) is 0 Å². The fraction of sp³-hybridized carbons (Fsp3) is 0.235. The zero-order valence-electron chi connectivity index (χ0n) is 13.6. The van der Waals surface area contributed by atoms with Gasteiger partial charge in [0.15, 0.2) is 11.9 Å². The normalized spacial score (nSPS) is 12.1. The lowest BCUT2D eigenvalue weighted by molar-refractivity contribution is -0.124. The molecule has 2 aromatic heterocycles. The molecule has 1 unspecified atom stereocenters. The fourth-order valence-electron chi connectivity index (χ4n) is 2.39. The maximum Gasteiger partial charge on any atom is 0.356 e. The number of ether oxygens (including phenoxy) is 1. The van der Waals surface area contributed by atoms with Gasteiger partial charge in [0.1, 0.15) is 11.5 Å². The third kappa shape index (κ3) is 3.58. The minimum atomic E-state index is -0.942. The van der Waals surface area contributed by atoms with Crippen molar-refractivity contribution in [2.24, 2.45) is 0 Å². The predicted molar refractivity (Wildman–Crippen MR) is 95.4 cm³/mol. The summed E-state index contributed by atoms with van der Waals surface area (Å²) in [4.78, 5) is 27.8. The highest BCUT2D eigenvalue weighted by molar-refractivity contribution is 9.10. The number of carbonyl (C=O) groups excluding carboxylic acids is 2. The van der Waals surface area contributed by atoms with Crippen molar-refractivity contribution in [1.82, 2.24) is 10.1 Å². The minimum Gasteiger partial charge on any atom is -0.448 e. The number of amides is 1. The molecule has 3 aromatic rings. The lowest BCUT2D eigenvalue weighted by Gasteiger charge is -2.14. The number of para-hydroxylation sites is 1. The van der Waals surface area contributed by atoms with Crippen molar-refractivity contribution in [3.05, 3.63) is 46.3 Å². The maximum absolute atomic E-state index is 12.5. The quantitative estimate of drug-likeness (QED) is 0.629. The number of nitrogens with zero attached hydrogens (tertiary/aromatic N) is 1. The predicted octanol–water partition coefficient (Wildman–Crippen LogP) is 3.80. The molecule has 3 rings (SSSR count). The maximum atomic E-state index is 12.5. The van der Waals surface area contributed by atoms with Gasteiger partial charge in [-0.3, -0.25) is 4.79 Å². The summed E-state index contributed by atoms with van der Waals surface area (Å²) in [5, 5.41) is 7.13. The zero-order valence-corrected chi connectivity index (χ0v) is 15.2. The highest BCUT2D eigenvalue weighted by atomic mass is 79.9. The van der Waals surface area contributed by atoms with E-state index >= 15 is 0 Å². The molecule has 1 aromatic carbocycles. The number of hydrogen-bond donors (Lipinski definition) is 2. The van der Waals surface area contributed by atoms with Crippen LogP contribution >= 0.6 is 15.9 Å². The van der Waals surface area contributed by atoms with Crippen LogP contribution in [0.25, 0.3) is 10.9 Å². The summed E-state index contributed by atoms with van der Waals surface area (Å²) in [6, 6.07) is 9.05. The van der Waals surface area contributed by atoms with Gasteiger partial charge >= 0.3 is 5.97 Å². The fourth-order valence-corrected chi connectivity index (χ4v) is 3.00. The van der Waals surface area contributed by atoms with Crippen molar-refractivity contribution in [2.75, 3.05) is 5.32 Å². The summed E-state index contributed by atoms with van der Waals surface area (Å²) in [6.45, 7) is 3.47. The SMILES string of the molecule is CCC(OC(=O)c1[nH]c2ccccc2c1Br)C(=O)Nc1cc(C)on1. The van der Waals surface area contributed by atoms with E-state index in [-0.39, 0.29) is 11.5 Å². The number of carbonyl (C=O) groups is 2. The highest BCUT2D eigenvalue weighted by Gasteiger charge is 2.25. The molecule has 2 N–H and O–H groups in total. The van der Waals surface area contributed by atoms with Gasteiger partial charge in [-0.2, -0.15) is 0 Å². The second-order valence-corrected chi connectivity index (χ2v) is 6.27. The molecule has 0 spiro atoms. The van der Waals surface area contributed by atoms with Crippen molar-refractivity contribution >= 4 is 44.5 Å². The second-order valence-electron chi connectivity index (χ2n) is 5.47. The van der Waals surface area contributed by atoms with Gasteiger partial charge in [-0.1, -0.05) is 30.3 Å². The first-order chi connectivity index (χ1) is 12.0. The molecule has 0 saturated carbocycles. The van der Waals surface area contributed by atoms with Crippen LogP contribution in [-0.2, 0) is 9.53 Å². The Morgan fingerprint density at radius 3 is 2.80 bits per heavy atom. The minimum absolute atomic E-state index is 0.268. The van der Waals surface area contributed by atoms with E-state index in [0.29, 0.717) is 16.7 Å². The van der Waals surface area contributed by atoms with Crippen molar-refractivity contribution < 1.29 is 18.8 Å². The molecule has 0 fully saturated rings. The van der Waals surface area contributed by atoms with E-state index in [1.807, 2.05) is 24.3 Å². The molecule has 0 aliphatic heterocycles. The molecule has 2 heterocycles. The molecule has 1 amide bonds. The molecule has 0 bridgehead atoms. The van der Waals surface area contributed by atoms with E-state index in [2.05, 4.69) is 31.4 Å². The van der Waals surface area contributed by atoms with Gasteiger partial charge in [0, 0.05) is 17.0 Å². The third-order valence-corrected chi connectivity index (χ3v) is 4.46. The van der Waals surface area contributed by atoms with E-state index < -0.39 is 18.0 Å². The topological polar surface area (TPSA) is 97.2 Å². The molecule has 0 aliphatic rings. The third-order valence-electron chi connectivity index (χ3n) is 3.64. The van der Waals surface area contributed by atoms with Crippen molar-refractivity contribution in [3.8, 4) is 0 Å². The number of esters is 1. The molecule has 25 heavy (non-hydrogen) atoms. The number of hydrogen-bond acceptors (Lipinski definition) is 5. The molecular formula is C17H16BrN3O4. The number of aryl methyl sites for hydroxylation is 1. The number of H-pyrrole nitrogens is 1. The van der Waals surface area contributed by atoms with E-state index in [4.69, 9.17) is 9.26 Å². The summed E-state index contributed by atoms with van der Waals surface area (Å²) in [5.74, 6) is -0.219. The van der Waals surface area contributed by atoms with Crippen molar-refractivity contribution in [3.63, 3.8) is 0 Å². The van der Waals surface area contributed by atoms with Gasteiger partial charge in [0.25, 0.3) is 5.91 Å². The van der Waals surface area contributed by atoms with E-state index in [9.17, 15) is 9.59 Å². The van der Waals surface area contributed by atoms with E-state index in [1.165, 1.54) is 0 Å². The van der Waals surface area contributed by atoms with Crippen LogP contribution in [0, 0.1) is 6.92 Å². The Bertz CT molecular complexity index is 931. The molecule has 0 radical (unpaired) electrons. The van der Waals surface area contributed by atoms with Crippen LogP contribution in [0.15, 0.2) is 39.3 Å². The van der Waals surface area contributed by atoms with Crippen LogP contribution in [0.1, 0.15) is 29.6 Å². The van der Waals surface area contributed by atoms with Gasteiger partial charge in [0.2, 0.25) is 0 Å². The van der Waals surface area contributed by atoms with Crippen LogP contribution in [0.4, 0.5) is 5.82 Å². The zero-order chi connectivity index (χ0) is 18.0. The number of fused-ring (bicyclic) bond motifs is 1. The number of rotatable bonds is 5. The number of aromatic amines is 1. The lowest BCUT2D eigenvalue weighted by Crippen LogP contribution is -2.32. The summed E-state index contributed by atoms with van der Waals surface area (Å²) in [5.41, 5.74) is 1.07. The molecule has 0 aliphatic carbocycles. The summed E-state index contributed by atoms with van der Waals surface area (Å²) < 4.78 is 10.9. The molecule has 7 nitrogen and oxygen atoms in total. The first-order valence-electron chi connectivity index (χ1n) is 7.71. The standard InChI is InChI=1S/C17H16BrN3O4/c1-3-12(16(22)20-13-8-9(2)25-21-13)24-17(23)15-14(18)10-6-4-5-7-11(10)19-15/h4-8,12,19H,3H2,1-2H3,(H,20,21,22). The van der Waals surface area contributed by atoms with Gasteiger partial charge in [-0.15, -0.1) is 0 Å². The monoisotopic (exact) mass is 405 g/mol. The largest absolute Gasteiger partial charge is 0.448 e. The molecule has 1 atom stereocenters. The number of nitrogens with one attached hydrogen (secondary N) is 2. The molecular weight excluding hydrogens is 390 g/mol. The van der Waals surface area contributed by atoms with Crippen LogP contribution in [-0.4, -0.2) is 28.1 Å². The summed E-state index contributed by atoms with van der Waals surface area (Å²) >= 11 is 3.40. The highest BCUT2D eigenvalue weighted by Crippen LogP contribution is 2.28. The number of anilines is 1. The van der Waals surface area contributed by atoms with Gasteiger partial charge < -0.3 is 19.6 Å². The average molecular weight is 406 g/mol. The Labute approximate surface area is 151 Å². The van der Waals surface area contributed by atoms with Crippen LogP contribution in [0.5, 0.6) is 0 Å². The lowest BCUT2D eigenvalue weighted by atomic mass is 10.2. The van der Waals surface area contributed by atoms with Crippen LogP contribution < -0.4 is 5.32 Å². The summed E-state index contributed by atoms with van der Waals surface area (Å²) in [6.07, 6.45) is -0.616. The first-order valence-corrected chi connectivity index (χ1v) is 8.50. The Morgan fingerprint density at radius 1 is 1.40 bits per heavy atom. The van der Waals surface area contributed by atoms with Gasteiger partial charge in [-0.25, -0.2) is 4.79 Å². The van der Waals surface area contributed by atoms with Crippen LogP contribution in [0.3, 0.4) is 0 Å². The van der Waals surface area contributed by atoms with E-state index in [1.54, 1.807) is 19.9 Å². The number of halogens is 1. The van der Waals surface area contributed by atoms with E-state index in [0.717, 1.165) is 10.9 Å². The summed E-state index contributed by atoms with van der Waals surface area (Å²) in [7, 11) is 0. The number of aromatic nitrogens is 2. The van der Waals surface area contributed by atoms with Gasteiger partial charge in [0.05, 0.1) is 4.47 Å². The average Bonchev–Trinajstić information content (AvgIpc) is 3.16.